The second kappa shape index (κ2) is 9.52. The molecule has 1 N–H and O–H groups in total. The molecule has 0 radical (unpaired) electrons. The van der Waals surface area contributed by atoms with Crippen molar-refractivity contribution in [2.75, 3.05) is 19.5 Å². The summed E-state index contributed by atoms with van der Waals surface area (Å²) in [6.07, 6.45) is 6.65. The van der Waals surface area contributed by atoms with E-state index in [1.165, 1.54) is 24.5 Å². The summed E-state index contributed by atoms with van der Waals surface area (Å²) in [6.45, 7) is 2.18. The van der Waals surface area contributed by atoms with Gasteiger partial charge in [-0.15, -0.1) is 0 Å². The number of hydrogen-bond acceptors (Lipinski definition) is 3. The number of methoxy groups -OCH3 is 2. The molecule has 0 fully saturated rings. The summed E-state index contributed by atoms with van der Waals surface area (Å²) in [7, 11) is 3.19. The predicted molar refractivity (Wildman–Crippen MR) is 102 cm³/mol. The first-order valence-electron chi connectivity index (χ1n) is 8.46. The summed E-state index contributed by atoms with van der Waals surface area (Å²) in [5, 5.41) is 2.86. The molecule has 4 nitrogen and oxygen atoms in total. The fourth-order valence-electron chi connectivity index (χ4n) is 2.44. The quantitative estimate of drug-likeness (QED) is 0.709. The monoisotopic (exact) mass is 339 g/mol. The highest BCUT2D eigenvalue weighted by atomic mass is 16.5. The van der Waals surface area contributed by atoms with E-state index in [1.54, 1.807) is 26.4 Å². The van der Waals surface area contributed by atoms with Gasteiger partial charge in [-0.3, -0.25) is 4.79 Å². The normalized spacial score (nSPS) is 10.7. The van der Waals surface area contributed by atoms with Gasteiger partial charge >= 0.3 is 0 Å². The Morgan fingerprint density at radius 1 is 1.08 bits per heavy atom. The smallest absolute Gasteiger partial charge is 0.248 e. The van der Waals surface area contributed by atoms with Gasteiger partial charge in [-0.2, -0.15) is 0 Å². The lowest BCUT2D eigenvalue weighted by molar-refractivity contribution is -0.111. The van der Waals surface area contributed by atoms with Crippen LogP contribution < -0.4 is 14.8 Å². The zero-order valence-corrected chi connectivity index (χ0v) is 15.0. The van der Waals surface area contributed by atoms with E-state index in [-0.39, 0.29) is 5.91 Å². The Bertz CT molecular complexity index is 720. The number of amides is 1. The first-order chi connectivity index (χ1) is 12.2. The van der Waals surface area contributed by atoms with Crippen LogP contribution in [-0.4, -0.2) is 20.1 Å². The maximum absolute atomic E-state index is 12.1. The SMILES string of the molecule is CCCCc1ccc(NC(=O)C=Cc2ccc(OC)cc2OC)cc1. The van der Waals surface area contributed by atoms with Gasteiger partial charge in [-0.05, 0) is 48.7 Å². The molecule has 0 saturated carbocycles. The van der Waals surface area contributed by atoms with Crippen LogP contribution in [0.2, 0.25) is 0 Å². The number of carbonyl (C=O) groups is 1. The number of benzene rings is 2. The molecule has 0 aliphatic rings. The number of nitrogens with one attached hydrogen (secondary N) is 1. The predicted octanol–water partition coefficient (Wildman–Crippen LogP) is 4.70. The van der Waals surface area contributed by atoms with Crippen LogP contribution in [0.1, 0.15) is 30.9 Å². The molecule has 0 saturated heterocycles. The lowest BCUT2D eigenvalue weighted by Crippen LogP contribution is -2.07. The summed E-state index contributed by atoms with van der Waals surface area (Å²) < 4.78 is 10.5. The molecule has 2 aromatic rings. The lowest BCUT2D eigenvalue weighted by atomic mass is 10.1. The number of rotatable bonds is 8. The third-order valence-electron chi connectivity index (χ3n) is 3.90. The molecule has 0 aliphatic heterocycles. The second-order valence-corrected chi connectivity index (χ2v) is 5.73. The van der Waals surface area contributed by atoms with Gasteiger partial charge in [0.15, 0.2) is 0 Å². The molecule has 0 unspecified atom stereocenters. The van der Waals surface area contributed by atoms with E-state index >= 15 is 0 Å². The van der Waals surface area contributed by atoms with E-state index in [1.807, 2.05) is 24.3 Å². The van der Waals surface area contributed by atoms with E-state index in [9.17, 15) is 4.79 Å². The van der Waals surface area contributed by atoms with E-state index in [0.29, 0.717) is 11.5 Å². The number of ether oxygens (including phenoxy) is 2. The number of unbranched alkanes of at least 4 members (excludes halogenated alkanes) is 1. The van der Waals surface area contributed by atoms with E-state index in [0.717, 1.165) is 17.7 Å². The average Bonchev–Trinajstić information content (AvgIpc) is 2.65. The van der Waals surface area contributed by atoms with Gasteiger partial charge in [0.25, 0.3) is 0 Å². The van der Waals surface area contributed by atoms with Crippen molar-refractivity contribution in [2.45, 2.75) is 26.2 Å². The average molecular weight is 339 g/mol. The molecular formula is C21H25NO3. The van der Waals surface area contributed by atoms with Gasteiger partial charge in [-0.1, -0.05) is 25.5 Å². The lowest BCUT2D eigenvalue weighted by Gasteiger charge is -2.07. The minimum Gasteiger partial charge on any atom is -0.497 e. The zero-order chi connectivity index (χ0) is 18.1. The van der Waals surface area contributed by atoms with Crippen LogP contribution in [-0.2, 0) is 11.2 Å². The summed E-state index contributed by atoms with van der Waals surface area (Å²) in [5.74, 6) is 1.18. The molecule has 0 atom stereocenters. The molecule has 2 rings (SSSR count). The topological polar surface area (TPSA) is 47.6 Å². The van der Waals surface area contributed by atoms with E-state index < -0.39 is 0 Å². The van der Waals surface area contributed by atoms with Gasteiger partial charge < -0.3 is 14.8 Å². The Morgan fingerprint density at radius 3 is 2.48 bits per heavy atom. The summed E-state index contributed by atoms with van der Waals surface area (Å²) >= 11 is 0. The van der Waals surface area contributed by atoms with Gasteiger partial charge in [0.2, 0.25) is 5.91 Å². The molecular weight excluding hydrogens is 314 g/mol. The third kappa shape index (κ3) is 5.68. The molecule has 0 bridgehead atoms. The molecule has 4 heteroatoms. The van der Waals surface area contributed by atoms with Crippen LogP contribution in [0.5, 0.6) is 11.5 Å². The van der Waals surface area contributed by atoms with Gasteiger partial charge in [-0.25, -0.2) is 0 Å². The Labute approximate surface area is 149 Å². The maximum atomic E-state index is 12.1. The number of anilines is 1. The largest absolute Gasteiger partial charge is 0.497 e. The highest BCUT2D eigenvalue weighted by Gasteiger charge is 2.03. The van der Waals surface area contributed by atoms with Crippen molar-refractivity contribution in [1.29, 1.82) is 0 Å². The number of carbonyl (C=O) groups excluding carboxylic acids is 1. The summed E-state index contributed by atoms with van der Waals surface area (Å²) in [5.41, 5.74) is 2.89. The van der Waals surface area contributed by atoms with Crippen molar-refractivity contribution in [3.05, 3.63) is 59.7 Å². The minimum atomic E-state index is -0.181. The Kier molecular flexibility index (Phi) is 7.08. The van der Waals surface area contributed by atoms with Crippen molar-refractivity contribution in [1.82, 2.24) is 0 Å². The fraction of sp³-hybridized carbons (Fsp3) is 0.286. The minimum absolute atomic E-state index is 0.181. The highest BCUT2D eigenvalue weighted by Crippen LogP contribution is 2.25. The third-order valence-corrected chi connectivity index (χ3v) is 3.90. The molecule has 0 aromatic heterocycles. The molecule has 1 amide bonds. The fourth-order valence-corrected chi connectivity index (χ4v) is 2.44. The van der Waals surface area contributed by atoms with Crippen LogP contribution in [0.3, 0.4) is 0 Å². The standard InChI is InChI=1S/C21H25NO3/c1-4-5-6-16-7-11-18(12-8-16)22-21(23)14-10-17-9-13-19(24-2)15-20(17)25-3/h7-15H,4-6H2,1-3H3,(H,22,23). The zero-order valence-electron chi connectivity index (χ0n) is 15.0. The van der Waals surface area contributed by atoms with Gasteiger partial charge in [0.05, 0.1) is 14.2 Å². The van der Waals surface area contributed by atoms with Crippen LogP contribution in [0.25, 0.3) is 6.08 Å². The molecule has 0 heterocycles. The first kappa shape index (κ1) is 18.6. The van der Waals surface area contributed by atoms with E-state index in [4.69, 9.17) is 9.47 Å². The molecule has 2 aromatic carbocycles. The Balaban J connectivity index is 1.98. The molecule has 0 aliphatic carbocycles. The second-order valence-electron chi connectivity index (χ2n) is 5.73. The molecule has 132 valence electrons. The Morgan fingerprint density at radius 2 is 1.84 bits per heavy atom. The van der Waals surface area contributed by atoms with Crippen LogP contribution in [0.15, 0.2) is 48.5 Å². The maximum Gasteiger partial charge on any atom is 0.248 e. The van der Waals surface area contributed by atoms with Gasteiger partial charge in [0.1, 0.15) is 11.5 Å². The van der Waals surface area contributed by atoms with Crippen LogP contribution in [0, 0.1) is 0 Å². The van der Waals surface area contributed by atoms with Crippen molar-refractivity contribution in [3.8, 4) is 11.5 Å². The van der Waals surface area contributed by atoms with Crippen molar-refractivity contribution < 1.29 is 14.3 Å². The number of aryl methyl sites for hydroxylation is 1. The van der Waals surface area contributed by atoms with Crippen LogP contribution in [0.4, 0.5) is 5.69 Å². The van der Waals surface area contributed by atoms with E-state index in [2.05, 4.69) is 24.4 Å². The van der Waals surface area contributed by atoms with Gasteiger partial charge in [0, 0.05) is 23.4 Å². The first-order valence-corrected chi connectivity index (χ1v) is 8.46. The van der Waals surface area contributed by atoms with Crippen molar-refractivity contribution in [3.63, 3.8) is 0 Å². The van der Waals surface area contributed by atoms with Crippen molar-refractivity contribution >= 4 is 17.7 Å². The van der Waals surface area contributed by atoms with Crippen LogP contribution >= 0.6 is 0 Å². The summed E-state index contributed by atoms with van der Waals surface area (Å²) in [6, 6.07) is 13.4. The molecule has 25 heavy (non-hydrogen) atoms. The van der Waals surface area contributed by atoms with Crippen molar-refractivity contribution in [2.24, 2.45) is 0 Å². The Hall–Kier alpha value is -2.75. The summed E-state index contributed by atoms with van der Waals surface area (Å²) in [4.78, 5) is 12.1. The molecule has 0 spiro atoms. The highest BCUT2D eigenvalue weighted by molar-refractivity contribution is 6.02. The number of hydrogen-bond donors (Lipinski definition) is 1.